The summed E-state index contributed by atoms with van der Waals surface area (Å²) in [7, 11) is 3.04. The van der Waals surface area contributed by atoms with Gasteiger partial charge in [-0.1, -0.05) is 6.07 Å². The van der Waals surface area contributed by atoms with Gasteiger partial charge in [-0.3, -0.25) is 19.2 Å². The van der Waals surface area contributed by atoms with Crippen LogP contribution in [-0.2, 0) is 20.8 Å². The van der Waals surface area contributed by atoms with Crippen LogP contribution in [0.15, 0.2) is 66.7 Å². The minimum absolute atomic E-state index is 0.106. The van der Waals surface area contributed by atoms with Crippen LogP contribution in [0, 0.1) is 5.82 Å². The van der Waals surface area contributed by atoms with Crippen LogP contribution >= 0.6 is 0 Å². The van der Waals surface area contributed by atoms with Gasteiger partial charge in [0.1, 0.15) is 17.6 Å². The Morgan fingerprint density at radius 3 is 2.23 bits per heavy atom. The molecule has 0 N–H and O–H groups in total. The summed E-state index contributed by atoms with van der Waals surface area (Å²) in [6.45, 7) is 1.37. The van der Waals surface area contributed by atoms with Crippen LogP contribution in [0.2, 0.25) is 0 Å². The molecule has 39 heavy (non-hydrogen) atoms. The molecule has 3 aromatic carbocycles. The Hall–Kier alpha value is -4.73. The maximum atomic E-state index is 13.6. The summed E-state index contributed by atoms with van der Waals surface area (Å²) in [4.78, 5) is 53.6. The Kier molecular flexibility index (Phi) is 8.24. The highest BCUT2D eigenvalue weighted by Gasteiger charge is 2.44. The Morgan fingerprint density at radius 1 is 0.949 bits per heavy atom. The van der Waals surface area contributed by atoms with Gasteiger partial charge in [-0.05, 0) is 72.6 Å². The van der Waals surface area contributed by atoms with Crippen molar-refractivity contribution in [3.63, 3.8) is 0 Å². The first kappa shape index (κ1) is 27.3. The monoisotopic (exact) mass is 534 g/mol. The number of nitrogens with zero attached hydrogens (tertiary/aromatic N) is 2. The molecule has 0 saturated carbocycles. The third-order valence-electron chi connectivity index (χ3n) is 6.30. The molecule has 3 amide bonds. The first-order valence-electron chi connectivity index (χ1n) is 12.1. The van der Waals surface area contributed by atoms with Gasteiger partial charge in [-0.2, -0.15) is 0 Å². The van der Waals surface area contributed by atoms with Gasteiger partial charge < -0.3 is 19.1 Å². The lowest BCUT2D eigenvalue weighted by Gasteiger charge is -2.28. The fraction of sp³-hybridized carbons (Fsp3) is 0.241. The minimum atomic E-state index is -1.07. The molecule has 0 bridgehead atoms. The van der Waals surface area contributed by atoms with E-state index in [2.05, 4.69) is 0 Å². The standard InChI is InChI=1S/C29H27FN2O7/c1-18(33)39-23-11-9-22(10-12-23)32-27(34)17-24(29(32)36)31(28(35)20-5-7-21(30)8-6-20)15-14-19-4-13-25(37-2)26(16-19)38-3/h4-13,16,24H,14-15,17H2,1-3H3. The van der Waals surface area contributed by atoms with Gasteiger partial charge in [0.25, 0.3) is 11.8 Å². The molecule has 1 atom stereocenters. The van der Waals surface area contributed by atoms with Crippen molar-refractivity contribution in [2.45, 2.75) is 25.8 Å². The number of benzene rings is 3. The number of carbonyl (C=O) groups is 4. The van der Waals surface area contributed by atoms with Gasteiger partial charge >= 0.3 is 5.97 Å². The molecule has 202 valence electrons. The van der Waals surface area contributed by atoms with Crippen molar-refractivity contribution in [2.24, 2.45) is 0 Å². The molecule has 0 aromatic heterocycles. The zero-order chi connectivity index (χ0) is 28.1. The molecule has 1 fully saturated rings. The van der Waals surface area contributed by atoms with Crippen molar-refractivity contribution in [2.75, 3.05) is 25.7 Å². The minimum Gasteiger partial charge on any atom is -0.493 e. The summed E-state index contributed by atoms with van der Waals surface area (Å²) < 4.78 is 29.2. The first-order chi connectivity index (χ1) is 18.7. The van der Waals surface area contributed by atoms with Gasteiger partial charge in [0, 0.05) is 19.0 Å². The van der Waals surface area contributed by atoms with Gasteiger partial charge in [-0.25, -0.2) is 9.29 Å². The van der Waals surface area contributed by atoms with E-state index in [0.29, 0.717) is 17.9 Å². The summed E-state index contributed by atoms with van der Waals surface area (Å²) in [5.74, 6) is -1.22. The number of hydrogen-bond acceptors (Lipinski definition) is 7. The number of halogens is 1. The number of carbonyl (C=O) groups excluding carboxylic acids is 4. The Bertz CT molecular complexity index is 1390. The van der Waals surface area contributed by atoms with Crippen LogP contribution in [0.1, 0.15) is 29.3 Å². The van der Waals surface area contributed by atoms with Crippen molar-refractivity contribution < 1.29 is 37.8 Å². The molecule has 3 aromatic rings. The second kappa shape index (κ2) is 11.8. The highest BCUT2D eigenvalue weighted by Crippen LogP contribution is 2.30. The van der Waals surface area contributed by atoms with Crippen molar-refractivity contribution in [3.8, 4) is 17.2 Å². The molecule has 0 aliphatic carbocycles. The average Bonchev–Trinajstić information content (AvgIpc) is 3.22. The maximum Gasteiger partial charge on any atom is 0.308 e. The summed E-state index contributed by atoms with van der Waals surface area (Å²) in [5, 5.41) is 0. The second-order valence-corrected chi connectivity index (χ2v) is 8.82. The Labute approximate surface area is 224 Å². The van der Waals surface area contributed by atoms with E-state index in [0.717, 1.165) is 10.5 Å². The first-order valence-corrected chi connectivity index (χ1v) is 12.1. The van der Waals surface area contributed by atoms with Crippen molar-refractivity contribution >= 4 is 29.4 Å². The summed E-state index contributed by atoms with van der Waals surface area (Å²) in [6, 6.07) is 15.2. The number of ether oxygens (including phenoxy) is 3. The lowest BCUT2D eigenvalue weighted by atomic mass is 10.1. The lowest BCUT2D eigenvalue weighted by molar-refractivity contribution is -0.132. The van der Waals surface area contributed by atoms with Crippen LogP contribution in [0.4, 0.5) is 10.1 Å². The Balaban J connectivity index is 1.61. The number of hydrogen-bond donors (Lipinski definition) is 0. The van der Waals surface area contributed by atoms with Gasteiger partial charge in [0.05, 0.1) is 26.3 Å². The highest BCUT2D eigenvalue weighted by atomic mass is 19.1. The largest absolute Gasteiger partial charge is 0.493 e. The molecule has 1 aliphatic rings. The number of imide groups is 1. The third kappa shape index (κ3) is 6.06. The fourth-order valence-electron chi connectivity index (χ4n) is 4.40. The predicted molar refractivity (Wildman–Crippen MR) is 139 cm³/mol. The van der Waals surface area contributed by atoms with E-state index in [-0.39, 0.29) is 30.0 Å². The molecule has 4 rings (SSSR count). The topological polar surface area (TPSA) is 102 Å². The summed E-state index contributed by atoms with van der Waals surface area (Å²) >= 11 is 0. The maximum absolute atomic E-state index is 13.6. The molecule has 10 heteroatoms. The van der Waals surface area contributed by atoms with E-state index in [1.165, 1.54) is 74.6 Å². The SMILES string of the molecule is COc1ccc(CCN(C(=O)c2ccc(F)cc2)C2CC(=O)N(c3ccc(OC(C)=O)cc3)C2=O)cc1OC. The number of amides is 3. The van der Waals surface area contributed by atoms with Gasteiger partial charge in [0.2, 0.25) is 5.91 Å². The molecular formula is C29H27FN2O7. The van der Waals surface area contributed by atoms with Crippen LogP contribution in [-0.4, -0.2) is 55.4 Å². The van der Waals surface area contributed by atoms with Gasteiger partial charge in [0.15, 0.2) is 11.5 Å². The number of rotatable bonds is 9. The second-order valence-electron chi connectivity index (χ2n) is 8.82. The third-order valence-corrected chi connectivity index (χ3v) is 6.30. The van der Waals surface area contributed by atoms with E-state index in [1.807, 2.05) is 6.07 Å². The number of methoxy groups -OCH3 is 2. The normalized spacial score (nSPS) is 14.8. The van der Waals surface area contributed by atoms with E-state index in [9.17, 15) is 23.6 Å². The molecule has 1 unspecified atom stereocenters. The number of anilines is 1. The molecule has 1 saturated heterocycles. The molecular weight excluding hydrogens is 507 g/mol. The zero-order valence-electron chi connectivity index (χ0n) is 21.7. The van der Waals surface area contributed by atoms with E-state index in [4.69, 9.17) is 14.2 Å². The van der Waals surface area contributed by atoms with Crippen LogP contribution < -0.4 is 19.1 Å². The van der Waals surface area contributed by atoms with E-state index in [1.54, 1.807) is 12.1 Å². The summed E-state index contributed by atoms with van der Waals surface area (Å²) in [5.41, 5.74) is 1.30. The molecule has 1 aliphatic heterocycles. The number of esters is 1. The molecule has 0 spiro atoms. The predicted octanol–water partition coefficient (Wildman–Crippen LogP) is 3.79. The van der Waals surface area contributed by atoms with Crippen LogP contribution in [0.3, 0.4) is 0 Å². The van der Waals surface area contributed by atoms with Crippen LogP contribution in [0.5, 0.6) is 17.2 Å². The highest BCUT2D eigenvalue weighted by molar-refractivity contribution is 6.23. The fourth-order valence-corrected chi connectivity index (χ4v) is 4.40. The van der Waals surface area contributed by atoms with Crippen molar-refractivity contribution in [1.82, 2.24) is 4.90 Å². The zero-order valence-corrected chi connectivity index (χ0v) is 21.7. The smallest absolute Gasteiger partial charge is 0.308 e. The van der Waals surface area contributed by atoms with Crippen molar-refractivity contribution in [3.05, 3.63) is 83.7 Å². The molecule has 1 heterocycles. The Morgan fingerprint density at radius 2 is 1.62 bits per heavy atom. The van der Waals surface area contributed by atoms with Gasteiger partial charge in [-0.15, -0.1) is 0 Å². The lowest BCUT2D eigenvalue weighted by Crippen LogP contribution is -2.46. The van der Waals surface area contributed by atoms with E-state index >= 15 is 0 Å². The average molecular weight is 535 g/mol. The molecule has 9 nitrogen and oxygen atoms in total. The van der Waals surface area contributed by atoms with Crippen LogP contribution in [0.25, 0.3) is 0 Å². The quantitative estimate of drug-likeness (QED) is 0.234. The molecule has 0 radical (unpaired) electrons. The summed E-state index contributed by atoms with van der Waals surface area (Å²) in [6.07, 6.45) is 0.131. The van der Waals surface area contributed by atoms with E-state index < -0.39 is 35.5 Å². The van der Waals surface area contributed by atoms with Crippen molar-refractivity contribution in [1.29, 1.82) is 0 Å².